The quantitative estimate of drug-likeness (QED) is 0.815. The molecule has 0 aromatic carbocycles. The minimum Gasteiger partial charge on any atom is -0.476 e. The first-order valence-electron chi connectivity index (χ1n) is 5.56. The molecule has 0 fully saturated rings. The Kier molecular flexibility index (Phi) is 3.42. The zero-order chi connectivity index (χ0) is 14.1. The Morgan fingerprint density at radius 3 is 2.84 bits per heavy atom. The summed E-state index contributed by atoms with van der Waals surface area (Å²) in [6, 6.07) is 3.36. The minimum absolute atomic E-state index is 0.161. The maximum Gasteiger partial charge on any atom is 0.233 e. The van der Waals surface area contributed by atoms with Gasteiger partial charge in [-0.15, -0.1) is 14.8 Å². The van der Waals surface area contributed by atoms with Crippen LogP contribution in [0.25, 0.3) is 5.65 Å². The van der Waals surface area contributed by atoms with Crippen molar-refractivity contribution in [2.75, 3.05) is 12.4 Å². The van der Waals surface area contributed by atoms with E-state index in [1.807, 2.05) is 0 Å². The van der Waals surface area contributed by atoms with Gasteiger partial charge in [0.1, 0.15) is 6.33 Å². The molecule has 0 atom stereocenters. The number of fused-ring (bicyclic) bond motifs is 1. The molecule has 104 valence electrons. The second-order valence-electron chi connectivity index (χ2n) is 5.04. The number of ether oxygens (including phenoxy) is 1. The SMILES string of the molecule is CC(C)(COc1ccc2ncnn2n1)CS(N)(=O)=O. The zero-order valence-corrected chi connectivity index (χ0v) is 11.5. The normalized spacial score (nSPS) is 12.8. The zero-order valence-electron chi connectivity index (χ0n) is 10.6. The molecule has 0 radical (unpaired) electrons. The van der Waals surface area contributed by atoms with E-state index in [-0.39, 0.29) is 12.4 Å². The number of sulfonamides is 1. The molecule has 0 saturated carbocycles. The number of primary sulfonamides is 1. The third-order valence-corrected chi connectivity index (χ3v) is 3.51. The molecular weight excluding hydrogens is 270 g/mol. The van der Waals surface area contributed by atoms with E-state index >= 15 is 0 Å². The fourth-order valence-electron chi connectivity index (χ4n) is 1.64. The fourth-order valence-corrected chi connectivity index (χ4v) is 2.81. The van der Waals surface area contributed by atoms with Gasteiger partial charge in [-0.1, -0.05) is 13.8 Å². The van der Waals surface area contributed by atoms with Crippen molar-refractivity contribution in [1.82, 2.24) is 19.8 Å². The molecule has 2 aromatic rings. The molecule has 2 rings (SSSR count). The standard InChI is InChI=1S/C10H15N5O3S/c1-10(2,6-19(11,16)17)5-18-9-4-3-8-12-7-13-15(8)14-9/h3-4,7H,5-6H2,1-2H3,(H2,11,16,17). The summed E-state index contributed by atoms with van der Waals surface area (Å²) in [4.78, 5) is 3.96. The van der Waals surface area contributed by atoms with Crippen molar-refractivity contribution >= 4 is 15.7 Å². The first-order chi connectivity index (χ1) is 8.75. The smallest absolute Gasteiger partial charge is 0.233 e. The molecule has 0 bridgehead atoms. The van der Waals surface area contributed by atoms with Gasteiger partial charge >= 0.3 is 0 Å². The van der Waals surface area contributed by atoms with Crippen molar-refractivity contribution in [2.45, 2.75) is 13.8 Å². The van der Waals surface area contributed by atoms with Crippen LogP contribution in [0, 0.1) is 5.41 Å². The van der Waals surface area contributed by atoms with Crippen LogP contribution in [0.2, 0.25) is 0 Å². The average Bonchev–Trinajstić information content (AvgIpc) is 2.70. The van der Waals surface area contributed by atoms with Gasteiger partial charge in [0.25, 0.3) is 0 Å². The van der Waals surface area contributed by atoms with E-state index in [0.717, 1.165) is 0 Å². The summed E-state index contributed by atoms with van der Waals surface area (Å²) < 4.78 is 29.0. The average molecular weight is 285 g/mol. The van der Waals surface area contributed by atoms with Crippen LogP contribution < -0.4 is 9.88 Å². The summed E-state index contributed by atoms with van der Waals surface area (Å²) >= 11 is 0. The summed E-state index contributed by atoms with van der Waals surface area (Å²) in [6.07, 6.45) is 1.39. The molecular formula is C10H15N5O3S. The van der Waals surface area contributed by atoms with Crippen molar-refractivity contribution in [2.24, 2.45) is 10.6 Å². The van der Waals surface area contributed by atoms with Crippen LogP contribution in [-0.2, 0) is 10.0 Å². The van der Waals surface area contributed by atoms with E-state index in [1.54, 1.807) is 26.0 Å². The Balaban J connectivity index is 2.05. The number of hydrogen-bond acceptors (Lipinski definition) is 6. The van der Waals surface area contributed by atoms with Crippen molar-refractivity contribution in [3.63, 3.8) is 0 Å². The molecule has 2 heterocycles. The molecule has 9 heteroatoms. The molecule has 2 N–H and O–H groups in total. The predicted octanol–water partition coefficient (Wildman–Crippen LogP) is -0.182. The van der Waals surface area contributed by atoms with Gasteiger partial charge in [-0.05, 0) is 6.07 Å². The van der Waals surface area contributed by atoms with Gasteiger partial charge in [-0.25, -0.2) is 18.5 Å². The van der Waals surface area contributed by atoms with Crippen molar-refractivity contribution in [1.29, 1.82) is 0 Å². The fraction of sp³-hybridized carbons (Fsp3) is 0.500. The largest absolute Gasteiger partial charge is 0.476 e. The highest BCUT2D eigenvalue weighted by atomic mass is 32.2. The van der Waals surface area contributed by atoms with Crippen molar-refractivity contribution < 1.29 is 13.2 Å². The van der Waals surface area contributed by atoms with E-state index in [2.05, 4.69) is 15.2 Å². The Labute approximate surface area is 110 Å². The lowest BCUT2D eigenvalue weighted by Crippen LogP contribution is -2.33. The molecule has 0 saturated heterocycles. The monoisotopic (exact) mass is 285 g/mol. The van der Waals surface area contributed by atoms with Crippen LogP contribution in [-0.4, -0.2) is 40.6 Å². The van der Waals surface area contributed by atoms with Crippen LogP contribution in [0.4, 0.5) is 0 Å². The summed E-state index contributed by atoms with van der Waals surface area (Å²) in [7, 11) is -3.54. The lowest BCUT2D eigenvalue weighted by atomic mass is 9.98. The second kappa shape index (κ2) is 4.74. The van der Waals surface area contributed by atoms with E-state index in [4.69, 9.17) is 9.88 Å². The highest BCUT2D eigenvalue weighted by molar-refractivity contribution is 7.89. The van der Waals surface area contributed by atoms with Crippen LogP contribution >= 0.6 is 0 Å². The Morgan fingerprint density at radius 1 is 1.42 bits per heavy atom. The lowest BCUT2D eigenvalue weighted by Gasteiger charge is -2.22. The highest BCUT2D eigenvalue weighted by Crippen LogP contribution is 2.18. The van der Waals surface area contributed by atoms with Crippen LogP contribution in [0.5, 0.6) is 5.88 Å². The van der Waals surface area contributed by atoms with Gasteiger partial charge in [-0.2, -0.15) is 0 Å². The molecule has 0 aliphatic rings. The van der Waals surface area contributed by atoms with Crippen LogP contribution in [0.3, 0.4) is 0 Å². The molecule has 2 aromatic heterocycles. The Hall–Kier alpha value is -1.74. The van der Waals surface area contributed by atoms with Crippen molar-refractivity contribution in [3.05, 3.63) is 18.5 Å². The van der Waals surface area contributed by atoms with E-state index in [0.29, 0.717) is 11.5 Å². The molecule has 8 nitrogen and oxygen atoms in total. The maximum absolute atomic E-state index is 11.1. The number of rotatable bonds is 5. The number of nitrogens with two attached hydrogens (primary N) is 1. The van der Waals surface area contributed by atoms with Gasteiger partial charge in [0.15, 0.2) is 5.65 Å². The maximum atomic E-state index is 11.1. The first-order valence-corrected chi connectivity index (χ1v) is 7.27. The lowest BCUT2D eigenvalue weighted by molar-refractivity contribution is 0.190. The van der Waals surface area contributed by atoms with E-state index < -0.39 is 15.4 Å². The molecule has 0 aliphatic heterocycles. The predicted molar refractivity (Wildman–Crippen MR) is 68.0 cm³/mol. The van der Waals surface area contributed by atoms with Gasteiger partial charge in [0.05, 0.1) is 12.4 Å². The van der Waals surface area contributed by atoms with E-state index in [1.165, 1.54) is 11.0 Å². The number of nitrogens with zero attached hydrogens (tertiary/aromatic N) is 4. The molecule has 0 amide bonds. The summed E-state index contributed by atoms with van der Waals surface area (Å²) in [5.41, 5.74) is 0.00297. The summed E-state index contributed by atoms with van der Waals surface area (Å²) in [5, 5.41) is 13.0. The van der Waals surface area contributed by atoms with E-state index in [9.17, 15) is 8.42 Å². The third kappa shape index (κ3) is 3.86. The Bertz CT molecular complexity index is 679. The Morgan fingerprint density at radius 2 is 2.16 bits per heavy atom. The minimum atomic E-state index is -3.54. The third-order valence-electron chi connectivity index (χ3n) is 2.33. The first kappa shape index (κ1) is 13.7. The molecule has 19 heavy (non-hydrogen) atoms. The molecule has 0 unspecified atom stereocenters. The molecule has 0 aliphatic carbocycles. The van der Waals surface area contributed by atoms with Crippen molar-refractivity contribution in [3.8, 4) is 5.88 Å². The van der Waals surface area contributed by atoms with Crippen LogP contribution in [0.15, 0.2) is 18.5 Å². The summed E-state index contributed by atoms with van der Waals surface area (Å²) in [5.74, 6) is 0.187. The van der Waals surface area contributed by atoms with Gasteiger partial charge in [0, 0.05) is 11.5 Å². The summed E-state index contributed by atoms with van der Waals surface area (Å²) in [6.45, 7) is 3.69. The topological polar surface area (TPSA) is 112 Å². The number of aromatic nitrogens is 4. The number of hydrogen-bond donors (Lipinski definition) is 1. The van der Waals surface area contributed by atoms with Gasteiger partial charge in [-0.3, -0.25) is 0 Å². The van der Waals surface area contributed by atoms with Gasteiger partial charge < -0.3 is 4.74 Å². The highest BCUT2D eigenvalue weighted by Gasteiger charge is 2.25. The van der Waals surface area contributed by atoms with Gasteiger partial charge in [0.2, 0.25) is 15.9 Å². The second-order valence-corrected chi connectivity index (χ2v) is 6.65. The van der Waals surface area contributed by atoms with Crippen LogP contribution in [0.1, 0.15) is 13.8 Å². The molecule has 0 spiro atoms.